The molecule has 1 aromatic carbocycles. The Labute approximate surface area is 162 Å². The molecule has 3 rings (SSSR count). The van der Waals surface area contributed by atoms with Crippen LogP contribution in [0.25, 0.3) is 5.69 Å². The van der Waals surface area contributed by atoms with Gasteiger partial charge in [0.2, 0.25) is 5.82 Å². The van der Waals surface area contributed by atoms with Crippen molar-refractivity contribution < 1.29 is 4.79 Å². The van der Waals surface area contributed by atoms with Gasteiger partial charge in [-0.2, -0.15) is 0 Å². The van der Waals surface area contributed by atoms with Crippen LogP contribution in [0.5, 0.6) is 0 Å². The molecule has 1 aromatic heterocycles. The quantitative estimate of drug-likeness (QED) is 0.775. The third-order valence-corrected chi connectivity index (χ3v) is 4.71. The van der Waals surface area contributed by atoms with E-state index in [0.717, 1.165) is 12.8 Å². The van der Waals surface area contributed by atoms with Gasteiger partial charge in [-0.3, -0.25) is 4.79 Å². The highest BCUT2D eigenvalue weighted by Gasteiger charge is 2.32. The van der Waals surface area contributed by atoms with E-state index in [2.05, 4.69) is 15.4 Å². The number of aromatic nitrogens is 3. The second-order valence-electron chi connectivity index (χ2n) is 5.84. The second-order valence-corrected chi connectivity index (χ2v) is 6.65. The number of para-hydroxylation sites is 1. The summed E-state index contributed by atoms with van der Waals surface area (Å²) in [7, 11) is 0. The number of hydrogen-bond acceptors (Lipinski definition) is 4. The lowest BCUT2D eigenvalue weighted by Gasteiger charge is -2.14. The molecule has 1 amide bonds. The lowest BCUT2D eigenvalue weighted by molar-refractivity contribution is 0.0923. The number of nitrogens with one attached hydrogen (secondary N) is 1. The average Bonchev–Trinajstić information content (AvgIpc) is 3.32. The van der Waals surface area contributed by atoms with Crippen molar-refractivity contribution >= 4 is 41.5 Å². The summed E-state index contributed by atoms with van der Waals surface area (Å²) in [4.78, 5) is 16.8. The van der Waals surface area contributed by atoms with Crippen LogP contribution in [0, 0.1) is 5.92 Å². The van der Waals surface area contributed by atoms with Crippen molar-refractivity contribution in [3.63, 3.8) is 0 Å². The summed E-state index contributed by atoms with van der Waals surface area (Å²) in [6.07, 6.45) is 2.78. The first-order valence-corrected chi connectivity index (χ1v) is 8.72. The van der Waals surface area contributed by atoms with Crippen LogP contribution < -0.4 is 11.1 Å². The molecule has 0 radical (unpaired) electrons. The molecule has 6 nitrogen and oxygen atoms in total. The van der Waals surface area contributed by atoms with E-state index in [1.54, 1.807) is 18.2 Å². The van der Waals surface area contributed by atoms with Gasteiger partial charge in [-0.1, -0.05) is 36.2 Å². The third-order valence-electron chi connectivity index (χ3n) is 4.10. The van der Waals surface area contributed by atoms with E-state index < -0.39 is 0 Å². The number of carbonyl (C=O) groups is 1. The molecule has 1 aliphatic rings. The fraction of sp³-hybridized carbons (Fsp3) is 0.438. The standard InChI is InChI=1S/C16H19Cl2N5O.ClH/c1-2-13-21-15(16(24)20-12(8-19)9-6-7-9)22-23(13)14-10(17)4-3-5-11(14)18;/h3-5,9,12H,2,6-8,19H2,1H3,(H,20,24);1H. The molecule has 0 saturated heterocycles. The monoisotopic (exact) mass is 403 g/mol. The Hall–Kier alpha value is -1.34. The van der Waals surface area contributed by atoms with E-state index in [-0.39, 0.29) is 30.2 Å². The number of aryl methyl sites for hydroxylation is 1. The van der Waals surface area contributed by atoms with Gasteiger partial charge in [-0.25, -0.2) is 9.67 Å². The number of carbonyl (C=O) groups excluding carboxylic acids is 1. The van der Waals surface area contributed by atoms with Crippen molar-refractivity contribution in [2.45, 2.75) is 32.2 Å². The summed E-state index contributed by atoms with van der Waals surface area (Å²) in [6, 6.07) is 5.17. The highest BCUT2D eigenvalue weighted by molar-refractivity contribution is 6.37. The summed E-state index contributed by atoms with van der Waals surface area (Å²) >= 11 is 12.5. The minimum Gasteiger partial charge on any atom is -0.345 e. The zero-order valence-electron chi connectivity index (χ0n) is 13.7. The molecular weight excluding hydrogens is 385 g/mol. The predicted octanol–water partition coefficient (Wildman–Crippen LogP) is 3.03. The van der Waals surface area contributed by atoms with E-state index in [1.165, 1.54) is 4.68 Å². The molecule has 1 saturated carbocycles. The molecule has 0 bridgehead atoms. The molecule has 1 fully saturated rings. The first-order chi connectivity index (χ1) is 11.5. The van der Waals surface area contributed by atoms with Crippen LogP contribution in [0.3, 0.4) is 0 Å². The van der Waals surface area contributed by atoms with Gasteiger partial charge in [0.15, 0.2) is 0 Å². The summed E-state index contributed by atoms with van der Waals surface area (Å²) in [5.74, 6) is 0.853. The van der Waals surface area contributed by atoms with Gasteiger partial charge >= 0.3 is 0 Å². The van der Waals surface area contributed by atoms with Gasteiger partial charge in [0.05, 0.1) is 10.0 Å². The van der Waals surface area contributed by atoms with Crippen molar-refractivity contribution in [2.24, 2.45) is 11.7 Å². The zero-order chi connectivity index (χ0) is 17.3. The molecule has 1 unspecified atom stereocenters. The van der Waals surface area contributed by atoms with E-state index in [1.807, 2.05) is 6.92 Å². The molecule has 3 N–H and O–H groups in total. The molecule has 1 heterocycles. The SMILES string of the molecule is CCc1nc(C(=O)NC(CN)C2CC2)nn1-c1c(Cl)cccc1Cl.Cl. The Balaban J connectivity index is 0.00000225. The first kappa shape index (κ1) is 20.0. The van der Waals surface area contributed by atoms with Crippen LogP contribution in [-0.2, 0) is 6.42 Å². The topological polar surface area (TPSA) is 85.8 Å². The number of nitrogens with zero attached hydrogens (tertiary/aromatic N) is 3. The number of nitrogens with two attached hydrogens (primary N) is 1. The average molecular weight is 405 g/mol. The van der Waals surface area contributed by atoms with Crippen LogP contribution >= 0.6 is 35.6 Å². The Bertz CT molecular complexity index is 740. The van der Waals surface area contributed by atoms with Gasteiger partial charge in [-0.05, 0) is 30.9 Å². The minimum absolute atomic E-state index is 0. The Morgan fingerprint density at radius 2 is 2.04 bits per heavy atom. The summed E-state index contributed by atoms with van der Waals surface area (Å²) in [5, 5.41) is 8.15. The predicted molar refractivity (Wildman–Crippen MR) is 101 cm³/mol. The largest absolute Gasteiger partial charge is 0.345 e. The van der Waals surface area contributed by atoms with Crippen molar-refractivity contribution in [3.05, 3.63) is 39.9 Å². The Morgan fingerprint density at radius 3 is 2.56 bits per heavy atom. The molecule has 1 atom stereocenters. The normalized spacial score (nSPS) is 14.7. The van der Waals surface area contributed by atoms with Gasteiger partial charge in [0.1, 0.15) is 11.5 Å². The molecule has 2 aromatic rings. The van der Waals surface area contributed by atoms with E-state index >= 15 is 0 Å². The van der Waals surface area contributed by atoms with Crippen LogP contribution in [0.2, 0.25) is 10.0 Å². The van der Waals surface area contributed by atoms with Gasteiger partial charge in [0.25, 0.3) is 5.91 Å². The van der Waals surface area contributed by atoms with E-state index in [9.17, 15) is 4.79 Å². The lowest BCUT2D eigenvalue weighted by Crippen LogP contribution is -2.42. The molecule has 1 aliphatic carbocycles. The molecule has 25 heavy (non-hydrogen) atoms. The molecule has 0 spiro atoms. The summed E-state index contributed by atoms with van der Waals surface area (Å²) < 4.78 is 1.54. The van der Waals surface area contributed by atoms with Crippen molar-refractivity contribution in [3.8, 4) is 5.69 Å². The smallest absolute Gasteiger partial charge is 0.291 e. The second kappa shape index (κ2) is 8.36. The molecule has 9 heteroatoms. The number of benzene rings is 1. The maximum atomic E-state index is 12.5. The third kappa shape index (κ3) is 4.26. The number of hydrogen-bond donors (Lipinski definition) is 2. The molecule has 0 aliphatic heterocycles. The maximum absolute atomic E-state index is 12.5. The fourth-order valence-electron chi connectivity index (χ4n) is 2.64. The van der Waals surface area contributed by atoms with Gasteiger partial charge in [0, 0.05) is 19.0 Å². The number of rotatable bonds is 6. The zero-order valence-corrected chi connectivity index (χ0v) is 16.0. The van der Waals surface area contributed by atoms with Crippen LogP contribution in [0.15, 0.2) is 18.2 Å². The molecule has 136 valence electrons. The number of amides is 1. The van der Waals surface area contributed by atoms with E-state index in [0.29, 0.717) is 40.4 Å². The first-order valence-electron chi connectivity index (χ1n) is 7.96. The molecular formula is C16H20Cl3N5O. The minimum atomic E-state index is -0.325. The Kier molecular flexibility index (Phi) is 6.68. The highest BCUT2D eigenvalue weighted by atomic mass is 35.5. The fourth-order valence-corrected chi connectivity index (χ4v) is 3.20. The van der Waals surface area contributed by atoms with Gasteiger partial charge in [-0.15, -0.1) is 17.5 Å². The Morgan fingerprint density at radius 1 is 1.40 bits per heavy atom. The summed E-state index contributed by atoms with van der Waals surface area (Å²) in [6.45, 7) is 2.34. The van der Waals surface area contributed by atoms with Crippen molar-refractivity contribution in [1.82, 2.24) is 20.1 Å². The summed E-state index contributed by atoms with van der Waals surface area (Å²) in [5.41, 5.74) is 6.27. The number of halogens is 3. The van der Waals surface area contributed by atoms with Gasteiger partial charge < -0.3 is 11.1 Å². The van der Waals surface area contributed by atoms with Crippen LogP contribution in [0.4, 0.5) is 0 Å². The van der Waals surface area contributed by atoms with E-state index in [4.69, 9.17) is 28.9 Å². The van der Waals surface area contributed by atoms with Crippen LogP contribution in [-0.4, -0.2) is 33.3 Å². The lowest BCUT2D eigenvalue weighted by atomic mass is 10.2. The van der Waals surface area contributed by atoms with Crippen molar-refractivity contribution in [2.75, 3.05) is 6.54 Å². The highest BCUT2D eigenvalue weighted by Crippen LogP contribution is 2.32. The van der Waals surface area contributed by atoms with Crippen molar-refractivity contribution in [1.29, 1.82) is 0 Å². The maximum Gasteiger partial charge on any atom is 0.291 e. The van der Waals surface area contributed by atoms with Crippen LogP contribution in [0.1, 0.15) is 36.2 Å².